The van der Waals surface area contributed by atoms with Crippen LogP contribution in [0.2, 0.25) is 0 Å². The second-order valence-corrected chi connectivity index (χ2v) is 8.66. The Morgan fingerprint density at radius 1 is 0.966 bits per heavy atom. The van der Waals surface area contributed by atoms with Gasteiger partial charge in [0, 0.05) is 12.1 Å². The lowest BCUT2D eigenvalue weighted by atomic mass is 10.1. The molecule has 1 atom stereocenters. The van der Waals surface area contributed by atoms with Crippen LogP contribution >= 0.6 is 0 Å². The third kappa shape index (κ3) is 10.5. The van der Waals surface area contributed by atoms with Crippen molar-refractivity contribution in [2.75, 3.05) is 5.32 Å². The van der Waals surface area contributed by atoms with E-state index in [1.54, 1.807) is 65.8 Å². The van der Waals surface area contributed by atoms with E-state index in [9.17, 15) is 14.4 Å². The highest BCUT2D eigenvalue weighted by Gasteiger charge is 2.28. The molecule has 3 N–H and O–H groups in total. The van der Waals surface area contributed by atoms with Gasteiger partial charge in [-0.25, -0.2) is 9.59 Å². The third-order valence-electron chi connectivity index (χ3n) is 3.45. The number of carbonyl (C=O) groups excluding carboxylic acids is 3. The zero-order valence-corrected chi connectivity index (χ0v) is 18.0. The molecule has 1 aromatic rings. The van der Waals surface area contributed by atoms with Gasteiger partial charge in [0.1, 0.15) is 17.2 Å². The topological polar surface area (TPSA) is 114 Å². The standard InChI is InChI=1S/C21H32N2O6/c1-20(2,3)28-17(25)12-11-16(18(26)29-21(4,5)6)23-19(27)22-15-9-7-14(13-24)8-10-15/h7-10,16,24H,11-13H2,1-6H3,(H2,22,23,27)/t16-/m0/s1. The normalized spacial score (nSPS) is 12.7. The third-order valence-corrected chi connectivity index (χ3v) is 3.45. The molecule has 29 heavy (non-hydrogen) atoms. The largest absolute Gasteiger partial charge is 0.460 e. The van der Waals surface area contributed by atoms with Gasteiger partial charge in [0.15, 0.2) is 0 Å². The maximum absolute atomic E-state index is 12.5. The SMILES string of the molecule is CC(C)(C)OC(=O)CC[C@H](NC(=O)Nc1ccc(CO)cc1)C(=O)OC(C)(C)C. The number of hydrogen-bond acceptors (Lipinski definition) is 6. The molecule has 8 heteroatoms. The number of ether oxygens (including phenoxy) is 2. The molecule has 1 aromatic carbocycles. The van der Waals surface area contributed by atoms with Crippen LogP contribution in [0.3, 0.4) is 0 Å². The molecule has 0 bridgehead atoms. The van der Waals surface area contributed by atoms with Crippen LogP contribution in [0.25, 0.3) is 0 Å². The molecule has 0 radical (unpaired) electrons. The van der Waals surface area contributed by atoms with Crippen LogP contribution in [-0.4, -0.2) is 40.3 Å². The summed E-state index contributed by atoms with van der Waals surface area (Å²) < 4.78 is 10.6. The predicted octanol–water partition coefficient (Wildman–Crippen LogP) is 3.13. The minimum Gasteiger partial charge on any atom is -0.460 e. The Balaban J connectivity index is 2.76. The van der Waals surface area contributed by atoms with Crippen LogP contribution in [0.4, 0.5) is 10.5 Å². The number of amides is 2. The van der Waals surface area contributed by atoms with Crippen molar-refractivity contribution in [1.29, 1.82) is 0 Å². The van der Waals surface area contributed by atoms with Gasteiger partial charge in [-0.15, -0.1) is 0 Å². The van der Waals surface area contributed by atoms with Crippen molar-refractivity contribution in [2.24, 2.45) is 0 Å². The molecule has 0 unspecified atom stereocenters. The first-order valence-electron chi connectivity index (χ1n) is 9.51. The molecule has 2 amide bonds. The van der Waals surface area contributed by atoms with Crippen molar-refractivity contribution in [2.45, 2.75) is 78.2 Å². The predicted molar refractivity (Wildman–Crippen MR) is 109 cm³/mol. The van der Waals surface area contributed by atoms with Crippen LogP contribution in [0.1, 0.15) is 59.9 Å². The van der Waals surface area contributed by atoms with Crippen LogP contribution in [-0.2, 0) is 25.7 Å². The molecule has 1 rings (SSSR count). The summed E-state index contributed by atoms with van der Waals surface area (Å²) in [7, 11) is 0. The van der Waals surface area contributed by atoms with Crippen molar-refractivity contribution in [3.8, 4) is 0 Å². The van der Waals surface area contributed by atoms with Crippen molar-refractivity contribution in [3.63, 3.8) is 0 Å². The van der Waals surface area contributed by atoms with E-state index in [0.29, 0.717) is 11.3 Å². The number of benzene rings is 1. The molecule has 0 aromatic heterocycles. The van der Waals surface area contributed by atoms with Gasteiger partial charge in [0.05, 0.1) is 6.61 Å². The summed E-state index contributed by atoms with van der Waals surface area (Å²) in [6, 6.07) is 4.98. The fourth-order valence-electron chi connectivity index (χ4n) is 2.30. The highest BCUT2D eigenvalue weighted by molar-refractivity contribution is 5.92. The Kier molecular flexibility index (Phi) is 8.63. The molecule has 162 valence electrons. The molecule has 0 spiro atoms. The first-order chi connectivity index (χ1) is 13.3. The van der Waals surface area contributed by atoms with Crippen LogP contribution in [0.5, 0.6) is 0 Å². The summed E-state index contributed by atoms with van der Waals surface area (Å²) >= 11 is 0. The maximum atomic E-state index is 12.5. The van der Waals surface area contributed by atoms with Gasteiger partial charge >= 0.3 is 18.0 Å². The minimum atomic E-state index is -1.02. The monoisotopic (exact) mass is 408 g/mol. The number of hydrogen-bond donors (Lipinski definition) is 3. The number of aliphatic hydroxyl groups is 1. The van der Waals surface area contributed by atoms with E-state index in [2.05, 4.69) is 10.6 Å². The van der Waals surface area contributed by atoms with Crippen LogP contribution in [0, 0.1) is 0 Å². The van der Waals surface area contributed by atoms with Crippen molar-refractivity contribution >= 4 is 23.7 Å². The molecule has 0 aliphatic rings. The second-order valence-electron chi connectivity index (χ2n) is 8.66. The Hall–Kier alpha value is -2.61. The van der Waals surface area contributed by atoms with Crippen LogP contribution in [0.15, 0.2) is 24.3 Å². The van der Waals surface area contributed by atoms with Gasteiger partial charge in [-0.3, -0.25) is 4.79 Å². The lowest BCUT2D eigenvalue weighted by Gasteiger charge is -2.25. The van der Waals surface area contributed by atoms with Crippen molar-refractivity contribution in [1.82, 2.24) is 5.32 Å². The van der Waals surface area contributed by atoms with Gasteiger partial charge in [0.2, 0.25) is 0 Å². The zero-order valence-electron chi connectivity index (χ0n) is 18.0. The summed E-state index contributed by atoms with van der Waals surface area (Å²) in [5, 5.41) is 14.2. The zero-order chi connectivity index (χ0) is 22.2. The first kappa shape index (κ1) is 24.4. The summed E-state index contributed by atoms with van der Waals surface area (Å²) in [6.07, 6.45) is -0.00659. The van der Waals surface area contributed by atoms with E-state index in [1.807, 2.05) is 0 Å². The number of esters is 2. The lowest BCUT2D eigenvalue weighted by Crippen LogP contribution is -2.46. The van der Waals surface area contributed by atoms with Crippen LogP contribution < -0.4 is 10.6 Å². The Bertz CT molecular complexity index is 701. The number of nitrogens with one attached hydrogen (secondary N) is 2. The van der Waals surface area contributed by atoms with Gasteiger partial charge in [-0.2, -0.15) is 0 Å². The quantitative estimate of drug-likeness (QED) is 0.597. The van der Waals surface area contributed by atoms with E-state index >= 15 is 0 Å². The average molecular weight is 408 g/mol. The molecule has 0 aliphatic carbocycles. The molecule has 0 aliphatic heterocycles. The first-order valence-corrected chi connectivity index (χ1v) is 9.51. The second kappa shape index (κ2) is 10.2. The van der Waals surface area contributed by atoms with E-state index in [1.165, 1.54) is 0 Å². The Morgan fingerprint density at radius 3 is 2.00 bits per heavy atom. The summed E-state index contributed by atoms with van der Waals surface area (Å²) in [5.74, 6) is -1.10. The fraction of sp³-hybridized carbons (Fsp3) is 0.571. The van der Waals surface area contributed by atoms with Gasteiger partial charge in [-0.1, -0.05) is 12.1 Å². The van der Waals surface area contributed by atoms with Crippen molar-refractivity contribution in [3.05, 3.63) is 29.8 Å². The molecule has 0 saturated carbocycles. The number of carbonyl (C=O) groups is 3. The van der Waals surface area contributed by atoms with Crippen molar-refractivity contribution < 1.29 is 29.0 Å². The molecule has 0 fully saturated rings. The molecule has 8 nitrogen and oxygen atoms in total. The summed E-state index contributed by atoms with van der Waals surface area (Å²) in [5.41, 5.74) is -0.168. The average Bonchev–Trinajstić information content (AvgIpc) is 2.56. The molecular formula is C21H32N2O6. The Labute approximate surface area is 172 Å². The summed E-state index contributed by atoms with van der Waals surface area (Å²) in [6.45, 7) is 10.3. The van der Waals surface area contributed by atoms with E-state index < -0.39 is 35.2 Å². The number of urea groups is 1. The smallest absolute Gasteiger partial charge is 0.329 e. The van der Waals surface area contributed by atoms with E-state index in [0.717, 1.165) is 0 Å². The maximum Gasteiger partial charge on any atom is 0.329 e. The van der Waals surface area contributed by atoms with E-state index in [4.69, 9.17) is 14.6 Å². The fourth-order valence-corrected chi connectivity index (χ4v) is 2.30. The van der Waals surface area contributed by atoms with Gasteiger partial charge < -0.3 is 25.2 Å². The van der Waals surface area contributed by atoms with Gasteiger partial charge in [-0.05, 0) is 65.7 Å². The highest BCUT2D eigenvalue weighted by Crippen LogP contribution is 2.14. The summed E-state index contributed by atoms with van der Waals surface area (Å²) in [4.78, 5) is 36.8. The number of aliphatic hydroxyl groups excluding tert-OH is 1. The number of anilines is 1. The van der Waals surface area contributed by atoms with Gasteiger partial charge in [0.25, 0.3) is 0 Å². The molecular weight excluding hydrogens is 376 g/mol. The number of rotatable bonds is 7. The molecule has 0 saturated heterocycles. The minimum absolute atomic E-state index is 0.0424. The lowest BCUT2D eigenvalue weighted by molar-refractivity contribution is -0.158. The molecule has 0 heterocycles. The Morgan fingerprint density at radius 2 is 1.52 bits per heavy atom. The van der Waals surface area contributed by atoms with E-state index in [-0.39, 0.29) is 19.4 Å². The highest BCUT2D eigenvalue weighted by atomic mass is 16.6.